The molecule has 21 heavy (non-hydrogen) atoms. The summed E-state index contributed by atoms with van der Waals surface area (Å²) in [5.41, 5.74) is 7.49. The minimum Gasteiger partial charge on any atom is -0.495 e. The molecule has 1 atom stereocenters. The minimum atomic E-state index is -0.0207. The van der Waals surface area contributed by atoms with E-state index in [1.807, 2.05) is 39.2 Å². The lowest BCUT2D eigenvalue weighted by molar-refractivity contribution is -0.117. The summed E-state index contributed by atoms with van der Waals surface area (Å²) in [6.07, 6.45) is 1.34. The van der Waals surface area contributed by atoms with Crippen molar-refractivity contribution in [3.63, 3.8) is 0 Å². The summed E-state index contributed by atoms with van der Waals surface area (Å²) < 4.78 is 5.31. The van der Waals surface area contributed by atoms with Crippen LogP contribution in [0, 0.1) is 5.92 Å². The van der Waals surface area contributed by atoms with Crippen LogP contribution < -0.4 is 15.8 Å². The third kappa shape index (κ3) is 5.73. The molecule has 1 amide bonds. The predicted octanol–water partition coefficient (Wildman–Crippen LogP) is 2.07. The van der Waals surface area contributed by atoms with Gasteiger partial charge in [0.25, 0.3) is 0 Å². The van der Waals surface area contributed by atoms with Gasteiger partial charge in [0, 0.05) is 13.0 Å². The second-order valence-electron chi connectivity index (χ2n) is 5.53. The maximum absolute atomic E-state index is 12.1. The lowest BCUT2D eigenvalue weighted by Crippen LogP contribution is -2.22. The highest BCUT2D eigenvalue weighted by Gasteiger charge is 2.13. The van der Waals surface area contributed by atoms with Crippen LogP contribution in [0.15, 0.2) is 18.2 Å². The van der Waals surface area contributed by atoms with Crippen LogP contribution in [0.3, 0.4) is 0 Å². The van der Waals surface area contributed by atoms with E-state index >= 15 is 0 Å². The molecule has 1 unspecified atom stereocenters. The van der Waals surface area contributed by atoms with Gasteiger partial charge >= 0.3 is 0 Å². The van der Waals surface area contributed by atoms with Gasteiger partial charge in [-0.1, -0.05) is 19.4 Å². The van der Waals surface area contributed by atoms with E-state index in [1.54, 1.807) is 7.11 Å². The number of amides is 1. The van der Waals surface area contributed by atoms with Gasteiger partial charge in [-0.2, -0.15) is 0 Å². The Bertz CT molecular complexity index is 457. The summed E-state index contributed by atoms with van der Waals surface area (Å²) in [7, 11) is 5.62. The molecule has 0 aliphatic heterocycles. The zero-order valence-corrected chi connectivity index (χ0v) is 13.5. The first kappa shape index (κ1) is 17.5. The van der Waals surface area contributed by atoms with Gasteiger partial charge < -0.3 is 20.7 Å². The molecule has 1 aromatic rings. The quantitative estimate of drug-likeness (QED) is 0.770. The van der Waals surface area contributed by atoms with Crippen molar-refractivity contribution in [3.05, 3.63) is 23.8 Å². The van der Waals surface area contributed by atoms with Gasteiger partial charge in [0.15, 0.2) is 0 Å². The molecular formula is C16H27N3O2. The van der Waals surface area contributed by atoms with E-state index in [4.69, 9.17) is 10.5 Å². The van der Waals surface area contributed by atoms with E-state index in [2.05, 4.69) is 10.2 Å². The number of rotatable bonds is 8. The number of carbonyl (C=O) groups is 1. The fourth-order valence-corrected chi connectivity index (χ4v) is 2.17. The first-order valence-corrected chi connectivity index (χ1v) is 7.31. The van der Waals surface area contributed by atoms with Crippen molar-refractivity contribution in [2.75, 3.05) is 33.1 Å². The van der Waals surface area contributed by atoms with Crippen molar-refractivity contribution in [1.29, 1.82) is 0 Å². The molecule has 5 heteroatoms. The molecular weight excluding hydrogens is 266 g/mol. The fraction of sp³-hybridized carbons (Fsp3) is 0.562. The molecule has 5 nitrogen and oxygen atoms in total. The molecule has 0 heterocycles. The van der Waals surface area contributed by atoms with E-state index < -0.39 is 0 Å². The molecule has 0 radical (unpaired) electrons. The molecule has 0 aromatic heterocycles. The first-order valence-electron chi connectivity index (χ1n) is 7.31. The molecule has 0 fully saturated rings. The van der Waals surface area contributed by atoms with Crippen molar-refractivity contribution < 1.29 is 9.53 Å². The summed E-state index contributed by atoms with van der Waals surface area (Å²) >= 11 is 0. The summed E-state index contributed by atoms with van der Waals surface area (Å²) in [6, 6.07) is 5.85. The number of carbonyl (C=O) groups excluding carboxylic acids is 1. The molecule has 3 N–H and O–H groups in total. The Morgan fingerprint density at radius 2 is 2.14 bits per heavy atom. The molecule has 0 aliphatic rings. The van der Waals surface area contributed by atoms with Gasteiger partial charge in [0.1, 0.15) is 5.75 Å². The van der Waals surface area contributed by atoms with Crippen LogP contribution >= 0.6 is 0 Å². The number of ether oxygens (including phenoxy) is 1. The fourth-order valence-electron chi connectivity index (χ4n) is 2.17. The highest BCUT2D eigenvalue weighted by atomic mass is 16.5. The average Bonchev–Trinajstić information content (AvgIpc) is 2.44. The number of nitrogens with one attached hydrogen (secondary N) is 1. The largest absolute Gasteiger partial charge is 0.495 e. The maximum atomic E-state index is 12.1. The Kier molecular flexibility index (Phi) is 7.19. The van der Waals surface area contributed by atoms with E-state index in [0.717, 1.165) is 18.5 Å². The van der Waals surface area contributed by atoms with Crippen molar-refractivity contribution in [2.45, 2.75) is 26.3 Å². The van der Waals surface area contributed by atoms with Gasteiger partial charge in [-0.05, 0) is 44.3 Å². The highest BCUT2D eigenvalue weighted by molar-refractivity contribution is 5.92. The molecule has 0 saturated heterocycles. The van der Waals surface area contributed by atoms with Crippen LogP contribution in [-0.2, 0) is 11.3 Å². The normalized spacial score (nSPS) is 12.3. The summed E-state index contributed by atoms with van der Waals surface area (Å²) in [6.45, 7) is 3.39. The summed E-state index contributed by atoms with van der Waals surface area (Å²) in [5.74, 6) is 0.875. The number of hydrogen-bond donors (Lipinski definition) is 2. The smallest absolute Gasteiger partial charge is 0.224 e. The number of nitrogens with two attached hydrogens (primary N) is 1. The molecule has 1 rings (SSSR count). The number of hydrogen-bond acceptors (Lipinski definition) is 4. The second kappa shape index (κ2) is 8.64. The summed E-state index contributed by atoms with van der Waals surface area (Å²) in [4.78, 5) is 14.2. The van der Waals surface area contributed by atoms with Crippen molar-refractivity contribution >= 4 is 11.6 Å². The molecule has 0 aliphatic carbocycles. The van der Waals surface area contributed by atoms with Crippen LogP contribution in [-0.4, -0.2) is 38.6 Å². The zero-order chi connectivity index (χ0) is 15.8. The van der Waals surface area contributed by atoms with E-state index in [0.29, 0.717) is 24.4 Å². The minimum absolute atomic E-state index is 0.0207. The maximum Gasteiger partial charge on any atom is 0.224 e. The molecule has 0 spiro atoms. The zero-order valence-electron chi connectivity index (χ0n) is 13.5. The van der Waals surface area contributed by atoms with E-state index in [-0.39, 0.29) is 11.8 Å². The van der Waals surface area contributed by atoms with Crippen molar-refractivity contribution in [3.8, 4) is 5.75 Å². The van der Waals surface area contributed by atoms with Crippen LogP contribution in [0.5, 0.6) is 5.75 Å². The van der Waals surface area contributed by atoms with Crippen molar-refractivity contribution in [2.24, 2.45) is 11.7 Å². The third-order valence-electron chi connectivity index (χ3n) is 3.42. The number of nitrogens with zero attached hydrogens (tertiary/aromatic N) is 1. The van der Waals surface area contributed by atoms with Crippen LogP contribution in [0.1, 0.15) is 25.3 Å². The van der Waals surface area contributed by atoms with Gasteiger partial charge in [0.2, 0.25) is 5.91 Å². The number of anilines is 1. The standard InChI is InChI=1S/C16H27N3O2/c1-5-12(10-17)9-16(20)18-14-8-13(11-19(2)3)6-7-15(14)21-4/h6-8,12H,5,9-11,17H2,1-4H3,(H,18,20). The molecule has 0 saturated carbocycles. The third-order valence-corrected chi connectivity index (χ3v) is 3.42. The number of benzene rings is 1. The van der Waals surface area contributed by atoms with Crippen LogP contribution in [0.2, 0.25) is 0 Å². The Hall–Kier alpha value is -1.59. The number of methoxy groups -OCH3 is 1. The molecule has 0 bridgehead atoms. The molecule has 118 valence electrons. The first-order chi connectivity index (χ1) is 9.99. The summed E-state index contributed by atoms with van der Waals surface area (Å²) in [5, 5.41) is 2.94. The van der Waals surface area contributed by atoms with E-state index in [9.17, 15) is 4.79 Å². The SMILES string of the molecule is CCC(CN)CC(=O)Nc1cc(CN(C)C)ccc1OC. The van der Waals surface area contributed by atoms with Gasteiger partial charge in [-0.3, -0.25) is 4.79 Å². The Labute approximate surface area is 127 Å². The lowest BCUT2D eigenvalue weighted by Gasteiger charge is -2.16. The van der Waals surface area contributed by atoms with Gasteiger partial charge in [-0.25, -0.2) is 0 Å². The van der Waals surface area contributed by atoms with Gasteiger partial charge in [-0.15, -0.1) is 0 Å². The monoisotopic (exact) mass is 293 g/mol. The van der Waals surface area contributed by atoms with Crippen LogP contribution in [0.25, 0.3) is 0 Å². The molecule has 1 aromatic carbocycles. The van der Waals surface area contributed by atoms with E-state index in [1.165, 1.54) is 0 Å². The Morgan fingerprint density at radius 3 is 2.67 bits per heavy atom. The Morgan fingerprint density at radius 1 is 1.43 bits per heavy atom. The highest BCUT2D eigenvalue weighted by Crippen LogP contribution is 2.26. The predicted molar refractivity (Wildman–Crippen MR) is 86.5 cm³/mol. The second-order valence-corrected chi connectivity index (χ2v) is 5.53. The average molecular weight is 293 g/mol. The van der Waals surface area contributed by atoms with Crippen LogP contribution in [0.4, 0.5) is 5.69 Å². The lowest BCUT2D eigenvalue weighted by atomic mass is 10.0. The Balaban J connectivity index is 2.81. The van der Waals surface area contributed by atoms with Crippen molar-refractivity contribution in [1.82, 2.24) is 4.90 Å². The van der Waals surface area contributed by atoms with Gasteiger partial charge in [0.05, 0.1) is 12.8 Å². The topological polar surface area (TPSA) is 67.6 Å².